The summed E-state index contributed by atoms with van der Waals surface area (Å²) in [5.41, 5.74) is 2.42. The van der Waals surface area contributed by atoms with Crippen LogP contribution in [0.15, 0.2) is 18.2 Å². The molecule has 0 radical (unpaired) electrons. The molecular weight excluding hydrogens is 316 g/mol. The number of hydrogen-bond acceptors (Lipinski definition) is 5. The lowest BCUT2D eigenvalue weighted by atomic mass is 10.0. The van der Waals surface area contributed by atoms with Crippen LogP contribution in [-0.4, -0.2) is 67.1 Å². The van der Waals surface area contributed by atoms with Gasteiger partial charge >= 0.3 is 0 Å². The van der Waals surface area contributed by atoms with E-state index in [9.17, 15) is 10.1 Å². The molecule has 3 fully saturated rings. The van der Waals surface area contributed by atoms with E-state index in [2.05, 4.69) is 27.8 Å². The number of piperazine rings is 1. The molecule has 1 aliphatic carbocycles. The molecule has 2 heterocycles. The van der Waals surface area contributed by atoms with Crippen LogP contribution in [0.25, 0.3) is 0 Å². The van der Waals surface area contributed by atoms with Gasteiger partial charge in [-0.3, -0.25) is 15.0 Å². The molecule has 0 aromatic heterocycles. The van der Waals surface area contributed by atoms with Crippen molar-refractivity contribution in [3.8, 4) is 0 Å². The number of nitrogens with zero attached hydrogens (tertiary/aromatic N) is 4. The topological polar surface area (TPSA) is 52.9 Å². The van der Waals surface area contributed by atoms with Gasteiger partial charge in [-0.25, -0.2) is 0 Å². The zero-order valence-corrected chi connectivity index (χ0v) is 15.1. The zero-order chi connectivity index (χ0) is 17.4. The van der Waals surface area contributed by atoms with Gasteiger partial charge in [-0.2, -0.15) is 0 Å². The highest BCUT2D eigenvalue weighted by atomic mass is 16.6. The van der Waals surface area contributed by atoms with Gasteiger partial charge in [-0.15, -0.1) is 0 Å². The molecule has 3 aliphatic rings. The fourth-order valence-corrected chi connectivity index (χ4v) is 4.30. The average Bonchev–Trinajstić information content (AvgIpc) is 3.47. The minimum absolute atomic E-state index is 0.225. The first-order valence-corrected chi connectivity index (χ1v) is 9.57. The number of nitro groups is 1. The summed E-state index contributed by atoms with van der Waals surface area (Å²) in [6, 6.07) is 6.45. The molecular formula is C19H28N4O2. The molecule has 1 saturated carbocycles. The van der Waals surface area contributed by atoms with Crippen molar-refractivity contribution >= 4 is 11.4 Å². The average molecular weight is 344 g/mol. The van der Waals surface area contributed by atoms with E-state index in [0.29, 0.717) is 17.6 Å². The van der Waals surface area contributed by atoms with Crippen molar-refractivity contribution in [3.63, 3.8) is 0 Å². The van der Waals surface area contributed by atoms with Crippen LogP contribution in [0.4, 0.5) is 11.4 Å². The van der Waals surface area contributed by atoms with E-state index in [0.717, 1.165) is 31.5 Å². The van der Waals surface area contributed by atoms with E-state index in [4.69, 9.17) is 0 Å². The number of rotatable bonds is 4. The van der Waals surface area contributed by atoms with Gasteiger partial charge in [-0.05, 0) is 50.8 Å². The first-order valence-electron chi connectivity index (χ1n) is 9.57. The van der Waals surface area contributed by atoms with E-state index < -0.39 is 0 Å². The van der Waals surface area contributed by atoms with Crippen LogP contribution in [0.3, 0.4) is 0 Å². The van der Waals surface area contributed by atoms with Crippen molar-refractivity contribution in [1.82, 2.24) is 9.80 Å². The van der Waals surface area contributed by atoms with Crippen molar-refractivity contribution in [2.75, 3.05) is 51.2 Å². The van der Waals surface area contributed by atoms with Gasteiger partial charge in [0, 0.05) is 62.6 Å². The van der Waals surface area contributed by atoms with Crippen LogP contribution >= 0.6 is 0 Å². The van der Waals surface area contributed by atoms with Crippen LogP contribution in [0.2, 0.25) is 0 Å². The van der Waals surface area contributed by atoms with Crippen LogP contribution in [-0.2, 0) is 0 Å². The Kier molecular flexibility index (Phi) is 4.65. The van der Waals surface area contributed by atoms with E-state index in [1.807, 2.05) is 6.07 Å². The lowest BCUT2D eigenvalue weighted by Crippen LogP contribution is -2.52. The second-order valence-electron chi connectivity index (χ2n) is 7.83. The molecule has 6 nitrogen and oxygen atoms in total. The summed E-state index contributed by atoms with van der Waals surface area (Å²) < 4.78 is 0. The summed E-state index contributed by atoms with van der Waals surface area (Å²) in [7, 11) is 2.20. The van der Waals surface area contributed by atoms with Gasteiger partial charge in [0.1, 0.15) is 0 Å². The summed E-state index contributed by atoms with van der Waals surface area (Å²) in [4.78, 5) is 18.5. The van der Waals surface area contributed by atoms with Crippen molar-refractivity contribution < 1.29 is 4.92 Å². The van der Waals surface area contributed by atoms with Crippen LogP contribution < -0.4 is 4.90 Å². The van der Waals surface area contributed by atoms with Gasteiger partial charge in [0.15, 0.2) is 0 Å². The lowest BCUT2D eigenvalue weighted by Gasteiger charge is -2.42. The highest BCUT2D eigenvalue weighted by Gasteiger charge is 2.32. The van der Waals surface area contributed by atoms with Gasteiger partial charge in [-0.1, -0.05) is 0 Å². The monoisotopic (exact) mass is 344 g/mol. The Hall–Kier alpha value is -1.66. The van der Waals surface area contributed by atoms with Crippen molar-refractivity contribution in [3.05, 3.63) is 33.9 Å². The van der Waals surface area contributed by atoms with Crippen molar-refractivity contribution in [2.24, 2.45) is 0 Å². The molecule has 0 N–H and O–H groups in total. The molecule has 1 aromatic rings. The molecule has 0 atom stereocenters. The predicted octanol–water partition coefficient (Wildman–Crippen LogP) is 2.69. The number of benzene rings is 1. The van der Waals surface area contributed by atoms with Crippen LogP contribution in [0, 0.1) is 10.1 Å². The normalized spacial score (nSPS) is 23.8. The van der Waals surface area contributed by atoms with Gasteiger partial charge < -0.3 is 9.80 Å². The maximum atomic E-state index is 11.3. The molecule has 1 aromatic carbocycles. The third-order valence-electron chi connectivity index (χ3n) is 6.11. The number of likely N-dealkylation sites (N-methyl/N-ethyl adjacent to an activating group) is 1. The van der Waals surface area contributed by atoms with E-state index in [1.165, 1.54) is 44.7 Å². The number of anilines is 1. The first kappa shape index (κ1) is 16.8. The predicted molar refractivity (Wildman–Crippen MR) is 99.4 cm³/mol. The third kappa shape index (κ3) is 3.65. The molecule has 2 saturated heterocycles. The Bertz CT molecular complexity index is 630. The molecule has 0 unspecified atom stereocenters. The fraction of sp³-hybridized carbons (Fsp3) is 0.684. The fourth-order valence-electron chi connectivity index (χ4n) is 4.30. The molecule has 0 amide bonds. The minimum atomic E-state index is -0.225. The Morgan fingerprint density at radius 1 is 1.00 bits per heavy atom. The summed E-state index contributed by atoms with van der Waals surface area (Å²) >= 11 is 0. The minimum Gasteiger partial charge on any atom is -0.371 e. The molecule has 136 valence electrons. The Morgan fingerprint density at radius 3 is 2.28 bits per heavy atom. The van der Waals surface area contributed by atoms with Crippen molar-refractivity contribution in [2.45, 2.75) is 37.6 Å². The smallest absolute Gasteiger partial charge is 0.273 e. The van der Waals surface area contributed by atoms with E-state index >= 15 is 0 Å². The maximum absolute atomic E-state index is 11.3. The summed E-state index contributed by atoms with van der Waals surface area (Å²) in [5, 5.41) is 11.3. The highest BCUT2D eigenvalue weighted by Crippen LogP contribution is 2.45. The number of piperidine rings is 1. The second-order valence-corrected chi connectivity index (χ2v) is 7.83. The highest BCUT2D eigenvalue weighted by molar-refractivity contribution is 5.58. The van der Waals surface area contributed by atoms with Crippen LogP contribution in [0.5, 0.6) is 0 Å². The van der Waals surface area contributed by atoms with Crippen LogP contribution in [0.1, 0.15) is 37.2 Å². The molecule has 0 spiro atoms. The first-order chi connectivity index (χ1) is 12.1. The number of nitro benzene ring substituents is 1. The standard InChI is InChI=1S/C19H28N4O2/c1-20-10-12-22(13-11-20)16-6-8-21(9-7-16)17-4-5-19(23(24)25)18(14-17)15-2-3-15/h4-5,14-16H,2-3,6-13H2,1H3. The Labute approximate surface area is 149 Å². The Balaban J connectivity index is 1.41. The Morgan fingerprint density at radius 2 is 1.68 bits per heavy atom. The quantitative estimate of drug-likeness (QED) is 0.621. The van der Waals surface area contributed by atoms with E-state index in [1.54, 1.807) is 6.07 Å². The molecule has 0 bridgehead atoms. The van der Waals surface area contributed by atoms with Gasteiger partial charge in [0.25, 0.3) is 5.69 Å². The largest absolute Gasteiger partial charge is 0.371 e. The van der Waals surface area contributed by atoms with Gasteiger partial charge in [0.05, 0.1) is 4.92 Å². The summed E-state index contributed by atoms with van der Waals surface area (Å²) in [5.74, 6) is 0.406. The maximum Gasteiger partial charge on any atom is 0.273 e. The molecule has 2 aliphatic heterocycles. The second kappa shape index (κ2) is 6.92. The zero-order valence-electron chi connectivity index (χ0n) is 15.1. The van der Waals surface area contributed by atoms with Gasteiger partial charge in [0.2, 0.25) is 0 Å². The SMILES string of the molecule is CN1CCN(C2CCN(c3ccc([N+](=O)[O-])c(C4CC4)c3)CC2)CC1. The lowest BCUT2D eigenvalue weighted by molar-refractivity contribution is -0.385. The van der Waals surface area contributed by atoms with E-state index in [-0.39, 0.29) is 4.92 Å². The van der Waals surface area contributed by atoms with Crippen molar-refractivity contribution in [1.29, 1.82) is 0 Å². The third-order valence-corrected chi connectivity index (χ3v) is 6.11. The molecule has 25 heavy (non-hydrogen) atoms. The summed E-state index contributed by atoms with van der Waals surface area (Å²) in [6.45, 7) is 6.83. The summed E-state index contributed by atoms with van der Waals surface area (Å²) in [6.07, 6.45) is 4.57. The molecule has 4 rings (SSSR count). The number of hydrogen-bond donors (Lipinski definition) is 0. The molecule has 6 heteroatoms.